The lowest BCUT2D eigenvalue weighted by Gasteiger charge is -2.20. The molecule has 0 spiro atoms. The monoisotopic (exact) mass is 303 g/mol. The van der Waals surface area contributed by atoms with Crippen molar-refractivity contribution in [3.05, 3.63) is 33.7 Å². The number of nitrogens with one attached hydrogen (secondary N) is 2. The lowest BCUT2D eigenvalue weighted by atomic mass is 10.1. The van der Waals surface area contributed by atoms with E-state index in [0.29, 0.717) is 17.9 Å². The fraction of sp³-hybridized carbons (Fsp3) is 0.647. The molecule has 2 aliphatic rings. The third-order valence-corrected chi connectivity index (χ3v) is 4.88. The van der Waals surface area contributed by atoms with Crippen LogP contribution in [0.2, 0.25) is 0 Å². The summed E-state index contributed by atoms with van der Waals surface area (Å²) in [6.07, 6.45) is 2.26. The summed E-state index contributed by atoms with van der Waals surface area (Å²) in [5.74, 6) is 0.626. The van der Waals surface area contributed by atoms with Crippen molar-refractivity contribution < 1.29 is 4.79 Å². The van der Waals surface area contributed by atoms with Gasteiger partial charge >= 0.3 is 0 Å². The van der Waals surface area contributed by atoms with Crippen molar-refractivity contribution in [1.82, 2.24) is 15.2 Å². The Labute approximate surface area is 131 Å². The SMILES string of the molecule is CC(C)N1CC(NC(=O)c2ccc(C3CC3)[nH]c2=O)[C@@H](C)C1. The van der Waals surface area contributed by atoms with E-state index in [0.717, 1.165) is 31.6 Å². The molecule has 1 saturated heterocycles. The Morgan fingerprint density at radius 2 is 2.05 bits per heavy atom. The van der Waals surface area contributed by atoms with Crippen LogP contribution in [-0.2, 0) is 0 Å². The summed E-state index contributed by atoms with van der Waals surface area (Å²) in [6, 6.07) is 4.14. The number of pyridine rings is 1. The minimum Gasteiger partial charge on any atom is -0.348 e. The maximum absolute atomic E-state index is 12.4. The third-order valence-electron chi connectivity index (χ3n) is 4.88. The summed E-state index contributed by atoms with van der Waals surface area (Å²) in [7, 11) is 0. The minimum absolute atomic E-state index is 0.109. The van der Waals surface area contributed by atoms with E-state index >= 15 is 0 Å². The molecule has 1 unspecified atom stereocenters. The first-order valence-electron chi connectivity index (χ1n) is 8.24. The first kappa shape index (κ1) is 15.3. The number of likely N-dealkylation sites (tertiary alicyclic amines) is 1. The Bertz CT molecular complexity index is 619. The molecule has 22 heavy (non-hydrogen) atoms. The molecule has 1 aliphatic heterocycles. The number of carbonyl (C=O) groups excluding carboxylic acids is 1. The third kappa shape index (κ3) is 3.09. The fourth-order valence-corrected chi connectivity index (χ4v) is 3.16. The predicted molar refractivity (Wildman–Crippen MR) is 86.2 cm³/mol. The molecule has 5 nitrogen and oxygen atoms in total. The van der Waals surface area contributed by atoms with E-state index < -0.39 is 0 Å². The number of aromatic amines is 1. The minimum atomic E-state index is -0.270. The van der Waals surface area contributed by atoms with Crippen LogP contribution in [0.25, 0.3) is 0 Å². The van der Waals surface area contributed by atoms with Gasteiger partial charge in [0.1, 0.15) is 5.56 Å². The molecular weight excluding hydrogens is 278 g/mol. The van der Waals surface area contributed by atoms with Crippen molar-refractivity contribution >= 4 is 5.91 Å². The molecule has 1 aromatic rings. The number of aromatic nitrogens is 1. The smallest absolute Gasteiger partial charge is 0.261 e. The Morgan fingerprint density at radius 3 is 2.59 bits per heavy atom. The number of nitrogens with zero attached hydrogens (tertiary/aromatic N) is 1. The van der Waals surface area contributed by atoms with Gasteiger partial charge in [-0.15, -0.1) is 0 Å². The highest BCUT2D eigenvalue weighted by molar-refractivity contribution is 5.94. The first-order chi connectivity index (χ1) is 10.5. The molecule has 0 bridgehead atoms. The molecule has 1 amide bonds. The van der Waals surface area contributed by atoms with Crippen molar-refractivity contribution in [2.75, 3.05) is 13.1 Å². The Morgan fingerprint density at radius 1 is 1.32 bits per heavy atom. The lowest BCUT2D eigenvalue weighted by Crippen LogP contribution is -2.42. The van der Waals surface area contributed by atoms with E-state index in [-0.39, 0.29) is 23.1 Å². The topological polar surface area (TPSA) is 65.2 Å². The molecule has 2 fully saturated rings. The number of amides is 1. The van der Waals surface area contributed by atoms with Gasteiger partial charge < -0.3 is 10.3 Å². The number of H-pyrrole nitrogens is 1. The second-order valence-electron chi connectivity index (χ2n) is 7.04. The van der Waals surface area contributed by atoms with Gasteiger partial charge in [-0.1, -0.05) is 6.92 Å². The summed E-state index contributed by atoms with van der Waals surface area (Å²) >= 11 is 0. The standard InChI is InChI=1S/C17H25N3O2/c1-10(2)20-8-11(3)15(9-20)19-17(22)13-6-7-14(12-4-5-12)18-16(13)21/h6-7,10-12,15H,4-5,8-9H2,1-3H3,(H,18,21)(H,19,22)/t11-,15?/m0/s1. The number of carbonyl (C=O) groups is 1. The first-order valence-corrected chi connectivity index (χ1v) is 8.24. The quantitative estimate of drug-likeness (QED) is 0.890. The second kappa shape index (κ2) is 5.88. The van der Waals surface area contributed by atoms with Gasteiger partial charge in [-0.2, -0.15) is 0 Å². The molecule has 1 saturated carbocycles. The molecule has 0 aromatic carbocycles. The fourth-order valence-electron chi connectivity index (χ4n) is 3.16. The molecular formula is C17H25N3O2. The van der Waals surface area contributed by atoms with Crippen LogP contribution < -0.4 is 10.9 Å². The Balaban J connectivity index is 1.68. The van der Waals surface area contributed by atoms with Crippen molar-refractivity contribution in [3.8, 4) is 0 Å². The molecule has 0 radical (unpaired) electrons. The van der Waals surface area contributed by atoms with Crippen molar-refractivity contribution in [2.24, 2.45) is 5.92 Å². The van der Waals surface area contributed by atoms with Crippen LogP contribution in [0.15, 0.2) is 16.9 Å². The molecule has 2 atom stereocenters. The van der Waals surface area contributed by atoms with E-state index in [1.165, 1.54) is 0 Å². The number of hydrogen-bond donors (Lipinski definition) is 2. The van der Waals surface area contributed by atoms with Gasteiger partial charge in [0.15, 0.2) is 0 Å². The van der Waals surface area contributed by atoms with Crippen LogP contribution in [0, 0.1) is 5.92 Å². The summed E-state index contributed by atoms with van der Waals surface area (Å²) < 4.78 is 0. The summed E-state index contributed by atoms with van der Waals surface area (Å²) in [5, 5.41) is 3.03. The predicted octanol–water partition coefficient (Wildman–Crippen LogP) is 1.71. The summed E-state index contributed by atoms with van der Waals surface area (Å²) in [6.45, 7) is 8.31. The van der Waals surface area contributed by atoms with E-state index in [1.807, 2.05) is 6.07 Å². The normalized spacial score (nSPS) is 25.6. The Hall–Kier alpha value is -1.62. The van der Waals surface area contributed by atoms with Crippen LogP contribution in [0.4, 0.5) is 0 Å². The molecule has 1 aromatic heterocycles. The molecule has 5 heteroatoms. The highest BCUT2D eigenvalue weighted by Gasteiger charge is 2.32. The van der Waals surface area contributed by atoms with Gasteiger partial charge in [0.05, 0.1) is 0 Å². The molecule has 3 rings (SSSR count). The average molecular weight is 303 g/mol. The highest BCUT2D eigenvalue weighted by Crippen LogP contribution is 2.38. The summed E-state index contributed by atoms with van der Waals surface area (Å²) in [5.41, 5.74) is 0.912. The molecule has 2 N–H and O–H groups in total. The van der Waals surface area contributed by atoms with E-state index in [4.69, 9.17) is 0 Å². The zero-order chi connectivity index (χ0) is 15.9. The highest BCUT2D eigenvalue weighted by atomic mass is 16.2. The van der Waals surface area contributed by atoms with E-state index in [1.54, 1.807) is 6.07 Å². The molecule has 120 valence electrons. The maximum atomic E-state index is 12.4. The zero-order valence-electron chi connectivity index (χ0n) is 13.6. The van der Waals surface area contributed by atoms with Crippen LogP contribution >= 0.6 is 0 Å². The van der Waals surface area contributed by atoms with Gasteiger partial charge in [0, 0.05) is 30.9 Å². The largest absolute Gasteiger partial charge is 0.348 e. The molecule has 2 heterocycles. The number of rotatable bonds is 4. The van der Waals surface area contributed by atoms with Gasteiger partial charge in [0.25, 0.3) is 11.5 Å². The van der Waals surface area contributed by atoms with Crippen molar-refractivity contribution in [2.45, 2.75) is 51.6 Å². The number of hydrogen-bond acceptors (Lipinski definition) is 3. The van der Waals surface area contributed by atoms with Gasteiger partial charge in [0.2, 0.25) is 0 Å². The zero-order valence-corrected chi connectivity index (χ0v) is 13.6. The van der Waals surface area contributed by atoms with Crippen LogP contribution in [0.1, 0.15) is 55.6 Å². The van der Waals surface area contributed by atoms with Crippen LogP contribution in [-0.4, -0.2) is 41.0 Å². The molecule has 1 aliphatic carbocycles. The lowest BCUT2D eigenvalue weighted by molar-refractivity contribution is 0.0929. The van der Waals surface area contributed by atoms with Gasteiger partial charge in [-0.3, -0.25) is 14.5 Å². The second-order valence-corrected chi connectivity index (χ2v) is 7.04. The van der Waals surface area contributed by atoms with Crippen LogP contribution in [0.5, 0.6) is 0 Å². The average Bonchev–Trinajstić information content (AvgIpc) is 3.24. The van der Waals surface area contributed by atoms with E-state index in [9.17, 15) is 9.59 Å². The Kier molecular flexibility index (Phi) is 4.08. The van der Waals surface area contributed by atoms with Gasteiger partial charge in [-0.05, 0) is 50.7 Å². The van der Waals surface area contributed by atoms with Crippen molar-refractivity contribution in [1.29, 1.82) is 0 Å². The summed E-state index contributed by atoms with van der Waals surface area (Å²) in [4.78, 5) is 29.7. The maximum Gasteiger partial charge on any atom is 0.261 e. The van der Waals surface area contributed by atoms with Crippen molar-refractivity contribution in [3.63, 3.8) is 0 Å². The van der Waals surface area contributed by atoms with Crippen LogP contribution in [0.3, 0.4) is 0 Å². The van der Waals surface area contributed by atoms with E-state index in [2.05, 4.69) is 36.0 Å². The van der Waals surface area contributed by atoms with Gasteiger partial charge in [-0.25, -0.2) is 0 Å².